The molecule has 0 fully saturated rings. The average Bonchev–Trinajstić information content (AvgIpc) is 2.07. The van der Waals surface area contributed by atoms with Gasteiger partial charge in [-0.15, -0.1) is 0 Å². The third-order valence-corrected chi connectivity index (χ3v) is 2.40. The molecule has 0 saturated carbocycles. The number of benzene rings is 1. The van der Waals surface area contributed by atoms with Crippen LogP contribution in [-0.4, -0.2) is 28.3 Å². The molecule has 1 atom stereocenters. The van der Waals surface area contributed by atoms with Crippen molar-refractivity contribution >= 4 is 10.1 Å². The van der Waals surface area contributed by atoms with Crippen LogP contribution in [0.25, 0.3) is 0 Å². The van der Waals surface area contributed by atoms with E-state index < -0.39 is 27.1 Å². The number of aromatic hydroxyl groups is 2. The maximum Gasteiger partial charge on any atom is 0.296 e. The van der Waals surface area contributed by atoms with Gasteiger partial charge in [0.2, 0.25) is 5.44 Å². The van der Waals surface area contributed by atoms with Gasteiger partial charge < -0.3 is 15.3 Å². The van der Waals surface area contributed by atoms with E-state index in [1.807, 2.05) is 0 Å². The minimum atomic E-state index is -4.62. The number of hydrogen-bond acceptors (Lipinski definition) is 5. The van der Waals surface area contributed by atoms with Gasteiger partial charge in [-0.3, -0.25) is 4.55 Å². The number of aliphatic hydroxyl groups is 1. The molecular weight excluding hydrogens is 212 g/mol. The molecule has 1 aromatic carbocycles. The van der Waals surface area contributed by atoms with Gasteiger partial charge in [0, 0.05) is 5.56 Å². The van der Waals surface area contributed by atoms with Gasteiger partial charge in [0.05, 0.1) is 0 Å². The van der Waals surface area contributed by atoms with Gasteiger partial charge in [-0.2, -0.15) is 8.42 Å². The largest absolute Gasteiger partial charge is 0.504 e. The Labute approximate surface area is 79.8 Å². The first-order valence-electron chi connectivity index (χ1n) is 3.48. The van der Waals surface area contributed by atoms with Crippen LogP contribution in [0.15, 0.2) is 18.2 Å². The monoisotopic (exact) mass is 220 g/mol. The van der Waals surface area contributed by atoms with E-state index in [2.05, 4.69) is 0 Å². The molecule has 0 amide bonds. The normalized spacial score (nSPS) is 13.9. The summed E-state index contributed by atoms with van der Waals surface area (Å²) < 4.78 is 29.5. The summed E-state index contributed by atoms with van der Waals surface area (Å²) in [6.07, 6.45) is 0. The summed E-state index contributed by atoms with van der Waals surface area (Å²) in [6, 6.07) is 2.90. The van der Waals surface area contributed by atoms with Crippen LogP contribution in [-0.2, 0) is 10.1 Å². The molecule has 0 heterocycles. The third kappa shape index (κ3) is 2.13. The molecule has 0 aliphatic heterocycles. The first-order valence-corrected chi connectivity index (χ1v) is 4.99. The number of phenols is 2. The molecular formula is C7H8O6S. The van der Waals surface area contributed by atoms with E-state index in [0.29, 0.717) is 0 Å². The summed E-state index contributed by atoms with van der Waals surface area (Å²) in [5.41, 5.74) is -2.36. The fourth-order valence-corrected chi connectivity index (χ4v) is 1.36. The molecule has 0 aromatic heterocycles. The quantitative estimate of drug-likeness (QED) is 0.411. The Hall–Kier alpha value is -1.31. The number of phenolic OH excluding ortho intramolecular Hbond substituents is 2. The predicted molar refractivity (Wildman–Crippen MR) is 46.3 cm³/mol. The second-order valence-corrected chi connectivity index (χ2v) is 4.09. The van der Waals surface area contributed by atoms with E-state index in [4.69, 9.17) is 19.9 Å². The molecule has 6 nitrogen and oxygen atoms in total. The van der Waals surface area contributed by atoms with Crippen molar-refractivity contribution in [3.05, 3.63) is 23.8 Å². The second-order valence-electron chi connectivity index (χ2n) is 2.62. The summed E-state index contributed by atoms with van der Waals surface area (Å²) in [5, 5.41) is 26.9. The maximum absolute atomic E-state index is 10.5. The molecule has 1 aromatic rings. The highest BCUT2D eigenvalue weighted by molar-refractivity contribution is 7.85. The molecule has 0 saturated heterocycles. The van der Waals surface area contributed by atoms with Crippen LogP contribution in [0, 0.1) is 0 Å². The summed E-state index contributed by atoms with van der Waals surface area (Å²) in [4.78, 5) is 0. The highest BCUT2D eigenvalue weighted by Crippen LogP contribution is 2.29. The highest BCUT2D eigenvalue weighted by atomic mass is 32.2. The zero-order chi connectivity index (χ0) is 10.9. The van der Waals surface area contributed by atoms with Gasteiger partial charge in [0.1, 0.15) is 0 Å². The Bertz CT molecular complexity index is 437. The first-order chi connectivity index (χ1) is 6.32. The van der Waals surface area contributed by atoms with Gasteiger partial charge in [-0.05, 0) is 12.1 Å². The number of aliphatic hydroxyl groups excluding tert-OH is 1. The minimum absolute atomic E-state index is 0.234. The zero-order valence-electron chi connectivity index (χ0n) is 6.82. The highest BCUT2D eigenvalue weighted by Gasteiger charge is 2.22. The van der Waals surface area contributed by atoms with Crippen molar-refractivity contribution in [3.8, 4) is 11.5 Å². The molecule has 1 rings (SSSR count). The van der Waals surface area contributed by atoms with Crippen LogP contribution in [0.2, 0.25) is 0 Å². The van der Waals surface area contributed by atoms with Gasteiger partial charge in [0.25, 0.3) is 10.1 Å². The Morgan fingerprint density at radius 3 is 2.14 bits per heavy atom. The summed E-state index contributed by atoms with van der Waals surface area (Å²) in [7, 11) is -4.62. The Morgan fingerprint density at radius 2 is 1.71 bits per heavy atom. The van der Waals surface area contributed by atoms with Crippen molar-refractivity contribution in [2.45, 2.75) is 5.44 Å². The van der Waals surface area contributed by atoms with Crippen LogP contribution >= 0.6 is 0 Å². The van der Waals surface area contributed by atoms with Crippen molar-refractivity contribution < 1.29 is 28.3 Å². The van der Waals surface area contributed by atoms with E-state index >= 15 is 0 Å². The van der Waals surface area contributed by atoms with Gasteiger partial charge in [-0.25, -0.2) is 0 Å². The second kappa shape index (κ2) is 3.45. The molecule has 4 N–H and O–H groups in total. The van der Waals surface area contributed by atoms with Crippen molar-refractivity contribution in [2.24, 2.45) is 0 Å². The first kappa shape index (κ1) is 10.8. The lowest BCUT2D eigenvalue weighted by atomic mass is 10.2. The van der Waals surface area contributed by atoms with E-state index in [-0.39, 0.29) is 5.56 Å². The van der Waals surface area contributed by atoms with E-state index in [0.717, 1.165) is 18.2 Å². The lowest BCUT2D eigenvalue weighted by molar-refractivity contribution is 0.237. The Kier molecular flexibility index (Phi) is 2.65. The molecule has 0 spiro atoms. The SMILES string of the molecule is O=S(=O)(O)[C@H](O)c1ccc(O)c(O)c1. The van der Waals surface area contributed by atoms with Crippen LogP contribution in [0.4, 0.5) is 0 Å². The fourth-order valence-electron chi connectivity index (χ4n) is 0.866. The standard InChI is InChI=1S/C7H8O6S/c8-5-2-1-4(3-6(5)9)7(10)14(11,12)13/h1-3,7-10H,(H,11,12,13)/t7-/m0/s1. The number of hydrogen-bond donors (Lipinski definition) is 4. The topological polar surface area (TPSA) is 115 Å². The van der Waals surface area contributed by atoms with Crippen molar-refractivity contribution in [2.75, 3.05) is 0 Å². The van der Waals surface area contributed by atoms with Gasteiger partial charge in [0.15, 0.2) is 11.5 Å². The third-order valence-electron chi connectivity index (χ3n) is 1.57. The lowest BCUT2D eigenvalue weighted by Gasteiger charge is -2.07. The average molecular weight is 220 g/mol. The van der Waals surface area contributed by atoms with Crippen LogP contribution < -0.4 is 0 Å². The smallest absolute Gasteiger partial charge is 0.296 e. The fraction of sp³-hybridized carbons (Fsp3) is 0.143. The van der Waals surface area contributed by atoms with Crippen molar-refractivity contribution in [3.63, 3.8) is 0 Å². The minimum Gasteiger partial charge on any atom is -0.504 e. The summed E-state index contributed by atoms with van der Waals surface area (Å²) in [6.45, 7) is 0. The van der Waals surface area contributed by atoms with E-state index in [1.165, 1.54) is 0 Å². The Morgan fingerprint density at radius 1 is 1.14 bits per heavy atom. The van der Waals surface area contributed by atoms with Crippen molar-refractivity contribution in [1.82, 2.24) is 0 Å². The zero-order valence-corrected chi connectivity index (χ0v) is 7.64. The van der Waals surface area contributed by atoms with E-state index in [9.17, 15) is 8.42 Å². The molecule has 78 valence electrons. The molecule has 0 aliphatic carbocycles. The van der Waals surface area contributed by atoms with Crippen LogP contribution in [0.5, 0.6) is 11.5 Å². The van der Waals surface area contributed by atoms with Crippen LogP contribution in [0.1, 0.15) is 11.0 Å². The molecule has 0 aliphatic rings. The predicted octanol–water partition coefficient (Wildman–Crippen LogP) is -0.0235. The molecule has 0 unspecified atom stereocenters. The molecule has 0 bridgehead atoms. The summed E-state index contributed by atoms with van der Waals surface area (Å²) >= 11 is 0. The summed E-state index contributed by atoms with van der Waals surface area (Å²) in [5.74, 6) is -1.03. The lowest BCUT2D eigenvalue weighted by Crippen LogP contribution is -2.10. The van der Waals surface area contributed by atoms with Crippen molar-refractivity contribution in [1.29, 1.82) is 0 Å². The maximum atomic E-state index is 10.5. The molecule has 14 heavy (non-hydrogen) atoms. The number of rotatable bonds is 2. The Balaban J connectivity index is 3.16. The van der Waals surface area contributed by atoms with E-state index in [1.54, 1.807) is 0 Å². The molecule has 7 heteroatoms. The van der Waals surface area contributed by atoms with Crippen LogP contribution in [0.3, 0.4) is 0 Å². The van der Waals surface area contributed by atoms with Gasteiger partial charge >= 0.3 is 0 Å². The van der Waals surface area contributed by atoms with Gasteiger partial charge in [-0.1, -0.05) is 6.07 Å². The molecule has 0 radical (unpaired) electrons.